The van der Waals surface area contributed by atoms with Crippen LogP contribution in [0.15, 0.2) is 53.0 Å². The summed E-state index contributed by atoms with van der Waals surface area (Å²) in [4.78, 5) is 15.8. The van der Waals surface area contributed by atoms with Crippen molar-refractivity contribution in [2.24, 2.45) is 0 Å². The highest BCUT2D eigenvalue weighted by molar-refractivity contribution is 9.10. The summed E-state index contributed by atoms with van der Waals surface area (Å²) in [7, 11) is 0. The summed E-state index contributed by atoms with van der Waals surface area (Å²) >= 11 is 3.41. The van der Waals surface area contributed by atoms with Crippen LogP contribution in [0.4, 0.5) is 4.39 Å². The van der Waals surface area contributed by atoms with Crippen LogP contribution in [0.2, 0.25) is 0 Å². The van der Waals surface area contributed by atoms with Gasteiger partial charge in [-0.15, -0.1) is 0 Å². The number of hydrogen-bond acceptors (Lipinski definition) is 2. The fourth-order valence-corrected chi connectivity index (χ4v) is 2.67. The molecule has 0 atom stereocenters. The van der Waals surface area contributed by atoms with Crippen LogP contribution < -0.4 is 0 Å². The second kappa shape index (κ2) is 5.26. The minimum absolute atomic E-state index is 0.103. The first-order valence-corrected chi connectivity index (χ1v) is 6.94. The first-order valence-electron chi connectivity index (χ1n) is 6.15. The molecule has 0 aliphatic heterocycles. The van der Waals surface area contributed by atoms with Gasteiger partial charge >= 0.3 is 5.97 Å². The van der Waals surface area contributed by atoms with Crippen molar-refractivity contribution in [3.63, 3.8) is 0 Å². The maximum absolute atomic E-state index is 13.4. The van der Waals surface area contributed by atoms with Gasteiger partial charge in [0.1, 0.15) is 5.82 Å². The average molecular weight is 346 g/mol. The molecule has 0 saturated carbocycles. The van der Waals surface area contributed by atoms with Crippen molar-refractivity contribution in [3.05, 3.63) is 64.4 Å². The van der Waals surface area contributed by atoms with Crippen molar-refractivity contribution in [1.29, 1.82) is 0 Å². The molecule has 0 unspecified atom stereocenters. The lowest BCUT2D eigenvalue weighted by Gasteiger charge is -2.08. The third kappa shape index (κ3) is 2.52. The first-order chi connectivity index (χ1) is 10.1. The molecule has 0 saturated heterocycles. The minimum Gasteiger partial charge on any atom is -0.478 e. The molecule has 3 nitrogen and oxygen atoms in total. The van der Waals surface area contributed by atoms with E-state index in [4.69, 9.17) is 0 Å². The number of benzene rings is 2. The molecule has 1 heterocycles. The van der Waals surface area contributed by atoms with Crippen molar-refractivity contribution in [1.82, 2.24) is 4.98 Å². The van der Waals surface area contributed by atoms with Crippen LogP contribution >= 0.6 is 15.9 Å². The molecule has 21 heavy (non-hydrogen) atoms. The molecule has 0 aliphatic carbocycles. The zero-order valence-corrected chi connectivity index (χ0v) is 12.3. The van der Waals surface area contributed by atoms with Gasteiger partial charge in [-0.2, -0.15) is 0 Å². The summed E-state index contributed by atoms with van der Waals surface area (Å²) in [6.07, 6.45) is 0. The Morgan fingerprint density at radius 1 is 1.14 bits per heavy atom. The molecule has 3 aromatic rings. The monoisotopic (exact) mass is 345 g/mol. The third-order valence-corrected chi connectivity index (χ3v) is 3.84. The summed E-state index contributed by atoms with van der Waals surface area (Å²) in [6.45, 7) is 0. The van der Waals surface area contributed by atoms with Crippen LogP contribution in [0.3, 0.4) is 0 Å². The molecule has 5 heteroatoms. The maximum Gasteiger partial charge on any atom is 0.336 e. The molecule has 0 amide bonds. The third-order valence-electron chi connectivity index (χ3n) is 3.15. The van der Waals surface area contributed by atoms with E-state index in [2.05, 4.69) is 20.9 Å². The number of hydrogen-bond donors (Lipinski definition) is 1. The average Bonchev–Trinajstić information content (AvgIpc) is 2.46. The molecule has 104 valence electrons. The first kappa shape index (κ1) is 13.7. The summed E-state index contributed by atoms with van der Waals surface area (Å²) < 4.78 is 14.2. The number of carboxylic acid groups (broad SMARTS) is 1. The fraction of sp³-hybridized carbons (Fsp3) is 0. The van der Waals surface area contributed by atoms with E-state index in [1.807, 2.05) is 24.3 Å². The zero-order valence-electron chi connectivity index (χ0n) is 10.7. The molecule has 0 spiro atoms. The molecule has 1 N–H and O–H groups in total. The van der Waals surface area contributed by atoms with E-state index in [-0.39, 0.29) is 5.56 Å². The number of nitrogens with zero attached hydrogens (tertiary/aromatic N) is 1. The Hall–Kier alpha value is -2.27. The highest BCUT2D eigenvalue weighted by atomic mass is 79.9. The molecule has 0 bridgehead atoms. The maximum atomic E-state index is 13.4. The van der Waals surface area contributed by atoms with Crippen LogP contribution in [0.1, 0.15) is 10.4 Å². The highest BCUT2D eigenvalue weighted by Gasteiger charge is 2.14. The van der Waals surface area contributed by atoms with Gasteiger partial charge < -0.3 is 5.11 Å². The molecule has 1 aromatic heterocycles. The lowest BCUT2D eigenvalue weighted by Crippen LogP contribution is -2.00. The van der Waals surface area contributed by atoms with Crippen LogP contribution in [-0.4, -0.2) is 16.1 Å². The molecular formula is C16H9BrFNO2. The number of carboxylic acids is 1. The van der Waals surface area contributed by atoms with Crippen molar-refractivity contribution in [2.75, 3.05) is 0 Å². The van der Waals surface area contributed by atoms with Crippen molar-refractivity contribution in [3.8, 4) is 11.3 Å². The van der Waals surface area contributed by atoms with E-state index < -0.39 is 11.8 Å². The number of halogens is 2. The Kier molecular flexibility index (Phi) is 3.43. The van der Waals surface area contributed by atoms with Gasteiger partial charge in [0.15, 0.2) is 0 Å². The molecule has 0 aliphatic rings. The fourth-order valence-electron chi connectivity index (χ4n) is 2.19. The summed E-state index contributed by atoms with van der Waals surface area (Å²) in [6, 6.07) is 12.8. The van der Waals surface area contributed by atoms with E-state index >= 15 is 0 Å². The van der Waals surface area contributed by atoms with Crippen LogP contribution in [0, 0.1) is 5.82 Å². The number of aromatic nitrogens is 1. The van der Waals surface area contributed by atoms with Gasteiger partial charge in [0.2, 0.25) is 0 Å². The summed E-state index contributed by atoms with van der Waals surface area (Å²) in [5, 5.41) is 9.78. The number of rotatable bonds is 2. The van der Waals surface area contributed by atoms with E-state index in [1.54, 1.807) is 0 Å². The Bertz CT molecular complexity index is 864. The quantitative estimate of drug-likeness (QED) is 0.743. The van der Waals surface area contributed by atoms with E-state index in [9.17, 15) is 14.3 Å². The van der Waals surface area contributed by atoms with E-state index in [1.165, 1.54) is 24.3 Å². The number of aromatic carboxylic acids is 1. The predicted octanol–water partition coefficient (Wildman–Crippen LogP) is 4.50. The van der Waals surface area contributed by atoms with Crippen LogP contribution in [-0.2, 0) is 0 Å². The number of carbonyl (C=O) groups is 1. The Labute approximate surface area is 128 Å². The molecule has 3 rings (SSSR count). The van der Waals surface area contributed by atoms with Gasteiger partial charge in [0.25, 0.3) is 0 Å². The number of fused-ring (bicyclic) bond motifs is 1. The van der Waals surface area contributed by atoms with Gasteiger partial charge in [0, 0.05) is 21.5 Å². The second-order valence-electron chi connectivity index (χ2n) is 4.50. The van der Waals surface area contributed by atoms with Crippen molar-refractivity contribution >= 4 is 32.8 Å². The molecular weight excluding hydrogens is 337 g/mol. The minimum atomic E-state index is -1.07. The molecule has 2 aromatic carbocycles. The van der Waals surface area contributed by atoms with Gasteiger partial charge in [-0.05, 0) is 24.3 Å². The van der Waals surface area contributed by atoms with Gasteiger partial charge in [-0.1, -0.05) is 34.1 Å². The highest BCUT2D eigenvalue weighted by Crippen LogP contribution is 2.30. The SMILES string of the molecule is O=C(O)c1cc(-c2ccccc2Br)nc2cc(F)ccc12. The lowest BCUT2D eigenvalue weighted by molar-refractivity contribution is 0.0699. The Balaban J connectivity index is 2.35. The standard InChI is InChI=1S/C16H9BrFNO2/c17-13-4-2-1-3-11(13)15-8-12(16(20)21)10-6-5-9(18)7-14(10)19-15/h1-8H,(H,20,21). The Morgan fingerprint density at radius 2 is 1.90 bits per heavy atom. The number of pyridine rings is 1. The summed E-state index contributed by atoms with van der Waals surface area (Å²) in [5.74, 6) is -1.52. The van der Waals surface area contributed by atoms with Crippen molar-refractivity contribution < 1.29 is 14.3 Å². The Morgan fingerprint density at radius 3 is 2.62 bits per heavy atom. The lowest BCUT2D eigenvalue weighted by atomic mass is 10.0. The van der Waals surface area contributed by atoms with Gasteiger partial charge in [0.05, 0.1) is 16.8 Å². The van der Waals surface area contributed by atoms with Crippen molar-refractivity contribution in [2.45, 2.75) is 0 Å². The topological polar surface area (TPSA) is 50.2 Å². The zero-order chi connectivity index (χ0) is 15.0. The smallest absolute Gasteiger partial charge is 0.336 e. The predicted molar refractivity (Wildman–Crippen MR) is 81.8 cm³/mol. The van der Waals surface area contributed by atoms with Gasteiger partial charge in [-0.3, -0.25) is 0 Å². The molecule has 0 fully saturated rings. The van der Waals surface area contributed by atoms with Crippen LogP contribution in [0.5, 0.6) is 0 Å². The van der Waals surface area contributed by atoms with Crippen LogP contribution in [0.25, 0.3) is 22.2 Å². The largest absolute Gasteiger partial charge is 0.478 e. The molecule has 0 radical (unpaired) electrons. The summed E-state index contributed by atoms with van der Waals surface area (Å²) in [5.41, 5.74) is 1.66. The van der Waals surface area contributed by atoms with E-state index in [0.717, 1.165) is 10.0 Å². The normalized spacial score (nSPS) is 10.8. The van der Waals surface area contributed by atoms with E-state index in [0.29, 0.717) is 16.6 Å². The van der Waals surface area contributed by atoms with Gasteiger partial charge in [-0.25, -0.2) is 14.2 Å². The second-order valence-corrected chi connectivity index (χ2v) is 5.36.